The molecular weight excluding hydrogens is 420 g/mol. The molecule has 3 rings (SSSR count). The van der Waals surface area contributed by atoms with Crippen molar-refractivity contribution in [3.8, 4) is 5.75 Å². The first kappa shape index (κ1) is 20.4. The Morgan fingerprint density at radius 2 is 1.25 bits per heavy atom. The van der Waals surface area contributed by atoms with Gasteiger partial charge in [-0.1, -0.05) is 41.5 Å². The van der Waals surface area contributed by atoms with E-state index in [0.717, 1.165) is 0 Å². The van der Waals surface area contributed by atoms with Crippen LogP contribution in [0.5, 0.6) is 5.75 Å². The van der Waals surface area contributed by atoms with Gasteiger partial charge in [-0.25, -0.2) is 9.97 Å². The number of phenols is 1. The van der Waals surface area contributed by atoms with E-state index in [4.69, 9.17) is 0 Å². The number of fused-ring (bicyclic) bond motifs is 1. The number of carbonyl (C=O) groups is 2. The van der Waals surface area contributed by atoms with Crippen LogP contribution in [0, 0.1) is 0 Å². The molecule has 1 aliphatic rings. The SMILES string of the molecule is CC(C)(C)c1cc(C2=C(Br)C(=O)c3nccnc3C2=O)cc(C(C)(C)C)c1O. The lowest BCUT2D eigenvalue weighted by molar-refractivity contribution is 0.0992. The molecule has 1 aromatic heterocycles. The molecule has 0 bridgehead atoms. The van der Waals surface area contributed by atoms with Crippen LogP contribution in [-0.4, -0.2) is 26.6 Å². The Balaban J connectivity index is 2.34. The van der Waals surface area contributed by atoms with Gasteiger partial charge in [-0.3, -0.25) is 9.59 Å². The molecule has 28 heavy (non-hydrogen) atoms. The summed E-state index contributed by atoms with van der Waals surface area (Å²) in [5.74, 6) is -0.518. The number of Topliss-reactive ketones (excluding diaryl/α,β-unsaturated/α-hetero) is 2. The summed E-state index contributed by atoms with van der Waals surface area (Å²) in [7, 11) is 0. The molecule has 0 spiro atoms. The summed E-state index contributed by atoms with van der Waals surface area (Å²) in [5.41, 5.74) is 1.64. The Hall–Kier alpha value is -2.34. The van der Waals surface area contributed by atoms with E-state index in [1.165, 1.54) is 12.4 Å². The Bertz CT molecular complexity index is 1010. The lowest BCUT2D eigenvalue weighted by Gasteiger charge is -2.29. The van der Waals surface area contributed by atoms with Crippen LogP contribution in [0.1, 0.15) is 79.2 Å². The van der Waals surface area contributed by atoms with Crippen molar-refractivity contribution < 1.29 is 14.7 Å². The minimum atomic E-state index is -0.375. The fraction of sp³-hybridized carbons (Fsp3) is 0.364. The van der Waals surface area contributed by atoms with Gasteiger partial charge >= 0.3 is 0 Å². The summed E-state index contributed by atoms with van der Waals surface area (Å²) in [6, 6.07) is 3.57. The highest BCUT2D eigenvalue weighted by molar-refractivity contribution is 9.12. The van der Waals surface area contributed by atoms with Crippen molar-refractivity contribution in [1.82, 2.24) is 9.97 Å². The van der Waals surface area contributed by atoms with Crippen LogP contribution >= 0.6 is 15.9 Å². The number of benzene rings is 1. The average Bonchev–Trinajstić information content (AvgIpc) is 2.59. The standard InChI is InChI=1S/C22H23BrN2O3/c1-21(2,3)12-9-11(10-13(18(12)26)22(4,5)6)14-15(23)20(28)17-16(19(14)27)24-7-8-25-17/h7-10,26H,1-6H3. The maximum atomic E-state index is 13.2. The van der Waals surface area contributed by atoms with Crippen LogP contribution in [0.2, 0.25) is 0 Å². The van der Waals surface area contributed by atoms with E-state index in [1.807, 2.05) is 41.5 Å². The monoisotopic (exact) mass is 442 g/mol. The molecule has 0 aliphatic heterocycles. The number of halogens is 1. The second-order valence-corrected chi connectivity index (χ2v) is 9.81. The van der Waals surface area contributed by atoms with Crippen molar-refractivity contribution in [3.05, 3.63) is 57.1 Å². The number of aromatic hydroxyl groups is 1. The second-order valence-electron chi connectivity index (χ2n) is 9.02. The van der Waals surface area contributed by atoms with Crippen LogP contribution in [0.15, 0.2) is 29.0 Å². The zero-order chi connectivity index (χ0) is 21.0. The molecule has 0 atom stereocenters. The van der Waals surface area contributed by atoms with Crippen molar-refractivity contribution in [1.29, 1.82) is 0 Å². The molecular formula is C22H23BrN2O3. The summed E-state index contributed by atoms with van der Waals surface area (Å²) >= 11 is 3.31. The number of aromatic nitrogens is 2. The minimum Gasteiger partial charge on any atom is -0.507 e. The number of carbonyl (C=O) groups excluding carboxylic acids is 2. The van der Waals surface area contributed by atoms with Gasteiger partial charge in [0.05, 0.1) is 4.48 Å². The van der Waals surface area contributed by atoms with Gasteiger partial charge in [0.25, 0.3) is 0 Å². The van der Waals surface area contributed by atoms with Crippen molar-refractivity contribution >= 4 is 33.1 Å². The van der Waals surface area contributed by atoms with E-state index >= 15 is 0 Å². The van der Waals surface area contributed by atoms with Gasteiger partial charge in [0.2, 0.25) is 11.6 Å². The molecule has 1 aromatic carbocycles. The largest absolute Gasteiger partial charge is 0.507 e. The summed E-state index contributed by atoms with van der Waals surface area (Å²) in [5, 5.41) is 10.9. The van der Waals surface area contributed by atoms with E-state index in [2.05, 4.69) is 25.9 Å². The van der Waals surface area contributed by atoms with Gasteiger partial charge in [-0.05, 0) is 44.5 Å². The highest BCUT2D eigenvalue weighted by Crippen LogP contribution is 2.43. The third-order valence-electron chi connectivity index (χ3n) is 4.79. The first-order chi connectivity index (χ1) is 12.8. The number of rotatable bonds is 1. The Morgan fingerprint density at radius 3 is 1.68 bits per heavy atom. The van der Waals surface area contributed by atoms with Crippen molar-refractivity contribution in [2.45, 2.75) is 52.4 Å². The second kappa shape index (κ2) is 6.62. The number of phenolic OH excluding ortho intramolecular Hbond substituents is 1. The lowest BCUT2D eigenvalue weighted by atomic mass is 9.77. The molecule has 0 radical (unpaired) electrons. The number of hydrogen-bond acceptors (Lipinski definition) is 5. The van der Waals surface area contributed by atoms with Crippen molar-refractivity contribution in [2.75, 3.05) is 0 Å². The van der Waals surface area contributed by atoms with E-state index in [9.17, 15) is 14.7 Å². The summed E-state index contributed by atoms with van der Waals surface area (Å²) < 4.78 is 0.163. The van der Waals surface area contributed by atoms with Crippen molar-refractivity contribution in [2.24, 2.45) is 0 Å². The van der Waals surface area contributed by atoms with Gasteiger partial charge in [0, 0.05) is 29.1 Å². The number of allylic oxidation sites excluding steroid dienone is 2. The zero-order valence-electron chi connectivity index (χ0n) is 16.8. The normalized spacial score (nSPS) is 15.1. The third kappa shape index (κ3) is 3.30. The van der Waals surface area contributed by atoms with E-state index < -0.39 is 0 Å². The molecule has 1 N–H and O–H groups in total. The molecule has 1 heterocycles. The minimum absolute atomic E-state index is 0.0494. The van der Waals surface area contributed by atoms with Crippen LogP contribution in [-0.2, 0) is 10.8 Å². The number of hydrogen-bond donors (Lipinski definition) is 1. The Kier molecular flexibility index (Phi) is 4.82. The Labute approximate surface area is 173 Å². The van der Waals surface area contributed by atoms with E-state index in [1.54, 1.807) is 12.1 Å². The molecule has 2 aromatic rings. The Morgan fingerprint density at radius 1 is 0.821 bits per heavy atom. The molecule has 0 unspecified atom stereocenters. The molecule has 0 saturated carbocycles. The molecule has 6 heteroatoms. The fourth-order valence-corrected chi connectivity index (χ4v) is 3.88. The zero-order valence-corrected chi connectivity index (χ0v) is 18.4. The third-order valence-corrected chi connectivity index (χ3v) is 5.55. The lowest BCUT2D eigenvalue weighted by Crippen LogP contribution is -2.23. The van der Waals surface area contributed by atoms with Gasteiger partial charge in [0.1, 0.15) is 17.1 Å². The number of ketones is 2. The van der Waals surface area contributed by atoms with E-state index in [-0.39, 0.29) is 49.6 Å². The quantitative estimate of drug-likeness (QED) is 0.674. The topological polar surface area (TPSA) is 80.2 Å². The molecule has 146 valence electrons. The van der Waals surface area contributed by atoms with Gasteiger partial charge in [-0.15, -0.1) is 0 Å². The average molecular weight is 443 g/mol. The fourth-order valence-electron chi connectivity index (χ4n) is 3.29. The number of nitrogens with zero attached hydrogens (tertiary/aromatic N) is 2. The molecule has 0 saturated heterocycles. The molecule has 5 nitrogen and oxygen atoms in total. The smallest absolute Gasteiger partial charge is 0.221 e. The molecule has 1 aliphatic carbocycles. The van der Waals surface area contributed by atoms with Crippen LogP contribution in [0.3, 0.4) is 0 Å². The van der Waals surface area contributed by atoms with Gasteiger partial charge in [-0.2, -0.15) is 0 Å². The highest BCUT2D eigenvalue weighted by Gasteiger charge is 2.36. The van der Waals surface area contributed by atoms with Gasteiger partial charge < -0.3 is 5.11 Å². The highest BCUT2D eigenvalue weighted by atomic mass is 79.9. The maximum absolute atomic E-state index is 13.2. The van der Waals surface area contributed by atoms with Gasteiger partial charge in [0.15, 0.2) is 0 Å². The van der Waals surface area contributed by atoms with E-state index in [0.29, 0.717) is 16.7 Å². The molecule has 0 fully saturated rings. The van der Waals surface area contributed by atoms with Crippen molar-refractivity contribution in [3.63, 3.8) is 0 Å². The van der Waals surface area contributed by atoms with Crippen LogP contribution in [0.25, 0.3) is 5.57 Å². The predicted octanol–water partition coefficient (Wildman–Crippen LogP) is 4.96. The molecule has 0 amide bonds. The predicted molar refractivity (Wildman–Crippen MR) is 112 cm³/mol. The van der Waals surface area contributed by atoms with Crippen LogP contribution in [0.4, 0.5) is 0 Å². The van der Waals surface area contributed by atoms with Crippen LogP contribution < -0.4 is 0 Å². The summed E-state index contributed by atoms with van der Waals surface area (Å²) in [6.07, 6.45) is 2.80. The summed E-state index contributed by atoms with van der Waals surface area (Å²) in [6.45, 7) is 12.0. The first-order valence-electron chi connectivity index (χ1n) is 9.02. The summed E-state index contributed by atoms with van der Waals surface area (Å²) in [4.78, 5) is 34.0. The first-order valence-corrected chi connectivity index (χ1v) is 9.82. The maximum Gasteiger partial charge on any atom is 0.221 e.